The molecule has 0 atom stereocenters. The predicted molar refractivity (Wildman–Crippen MR) is 68.0 cm³/mol. The summed E-state index contributed by atoms with van der Waals surface area (Å²) < 4.78 is 14.7. The number of likely N-dealkylation sites (N-methyl/N-ethyl adjacent to an activating group) is 1. The van der Waals surface area contributed by atoms with Gasteiger partial charge in [-0.3, -0.25) is 4.79 Å². The molecule has 0 aliphatic rings. The molecule has 19 heavy (non-hydrogen) atoms. The van der Waals surface area contributed by atoms with E-state index in [0.717, 1.165) is 5.56 Å². The Morgan fingerprint density at radius 1 is 1.11 bits per heavy atom. The highest BCUT2D eigenvalue weighted by molar-refractivity contribution is 6.32. The number of rotatable bonds is 4. The first-order valence-electron chi connectivity index (χ1n) is 5.57. The first kappa shape index (κ1) is 14.8. The predicted octanol–water partition coefficient (Wildman–Crippen LogP) is 0.835. The van der Waals surface area contributed by atoms with Crippen LogP contribution in [0.1, 0.15) is 5.56 Å². The van der Waals surface area contributed by atoms with Crippen molar-refractivity contribution in [3.05, 3.63) is 23.8 Å². The molecule has 6 nitrogen and oxygen atoms in total. The van der Waals surface area contributed by atoms with Crippen molar-refractivity contribution in [3.63, 3.8) is 0 Å². The lowest BCUT2D eigenvalue weighted by molar-refractivity contribution is -0.157. The minimum atomic E-state index is -0.886. The topological polar surface area (TPSA) is 65.1 Å². The Kier molecular flexibility index (Phi) is 5.17. The van der Waals surface area contributed by atoms with E-state index in [2.05, 4.69) is 4.74 Å². The zero-order chi connectivity index (χ0) is 14.4. The molecular formula is C13H17NO5. The number of carbonyl (C=O) groups is 2. The molecule has 0 radical (unpaired) electrons. The molecule has 0 spiro atoms. The molecule has 1 aromatic carbocycles. The van der Waals surface area contributed by atoms with Crippen LogP contribution < -0.4 is 9.47 Å². The van der Waals surface area contributed by atoms with Gasteiger partial charge in [0.15, 0.2) is 11.5 Å². The van der Waals surface area contributed by atoms with Gasteiger partial charge in [0.1, 0.15) is 0 Å². The second-order valence-electron chi connectivity index (χ2n) is 3.84. The number of carbonyl (C=O) groups excluding carboxylic acids is 2. The van der Waals surface area contributed by atoms with Crippen LogP contribution >= 0.6 is 0 Å². The van der Waals surface area contributed by atoms with Crippen LogP contribution in [0.4, 0.5) is 0 Å². The molecule has 1 rings (SSSR count). The van der Waals surface area contributed by atoms with Gasteiger partial charge < -0.3 is 19.1 Å². The molecule has 0 aliphatic heterocycles. The number of nitrogens with zero attached hydrogens (tertiary/aromatic N) is 1. The standard InChI is InChI=1S/C13H17NO5/c1-14(12(15)13(16)19-4)8-9-5-6-10(17-2)11(7-9)18-3/h5-7H,8H2,1-4H3. The number of ether oxygens (including phenoxy) is 3. The van der Waals surface area contributed by atoms with Crippen molar-refractivity contribution in [2.45, 2.75) is 6.54 Å². The molecule has 0 aliphatic carbocycles. The molecule has 0 aromatic heterocycles. The first-order chi connectivity index (χ1) is 9.03. The lowest BCUT2D eigenvalue weighted by atomic mass is 10.2. The number of hydrogen-bond acceptors (Lipinski definition) is 5. The van der Waals surface area contributed by atoms with Gasteiger partial charge in [0.05, 0.1) is 21.3 Å². The molecule has 0 heterocycles. The average molecular weight is 267 g/mol. The van der Waals surface area contributed by atoms with Gasteiger partial charge in [-0.2, -0.15) is 0 Å². The van der Waals surface area contributed by atoms with E-state index in [4.69, 9.17) is 9.47 Å². The average Bonchev–Trinajstić information content (AvgIpc) is 2.45. The van der Waals surface area contributed by atoms with E-state index < -0.39 is 11.9 Å². The molecular weight excluding hydrogens is 250 g/mol. The van der Waals surface area contributed by atoms with Crippen LogP contribution in [-0.2, 0) is 20.9 Å². The molecule has 0 saturated heterocycles. The minimum absolute atomic E-state index is 0.272. The van der Waals surface area contributed by atoms with E-state index in [9.17, 15) is 9.59 Å². The molecule has 0 N–H and O–H groups in total. The summed E-state index contributed by atoms with van der Waals surface area (Å²) in [4.78, 5) is 23.9. The van der Waals surface area contributed by atoms with Gasteiger partial charge in [-0.25, -0.2) is 4.79 Å². The van der Waals surface area contributed by atoms with E-state index in [0.29, 0.717) is 11.5 Å². The Balaban J connectivity index is 2.82. The molecule has 1 aromatic rings. The Morgan fingerprint density at radius 3 is 2.26 bits per heavy atom. The van der Waals surface area contributed by atoms with Gasteiger partial charge in [-0.05, 0) is 17.7 Å². The maximum Gasteiger partial charge on any atom is 0.396 e. The normalized spacial score (nSPS) is 9.68. The second-order valence-corrected chi connectivity index (χ2v) is 3.84. The number of amides is 1. The van der Waals surface area contributed by atoms with Crippen LogP contribution in [0.5, 0.6) is 11.5 Å². The molecule has 0 saturated carbocycles. The largest absolute Gasteiger partial charge is 0.493 e. The van der Waals surface area contributed by atoms with E-state index in [-0.39, 0.29) is 6.54 Å². The summed E-state index contributed by atoms with van der Waals surface area (Å²) in [5, 5.41) is 0. The van der Waals surface area contributed by atoms with Gasteiger partial charge in [-0.15, -0.1) is 0 Å². The summed E-state index contributed by atoms with van der Waals surface area (Å²) in [7, 11) is 5.77. The summed E-state index contributed by atoms with van der Waals surface area (Å²) in [5.74, 6) is -0.410. The summed E-state index contributed by atoms with van der Waals surface area (Å²) in [5.41, 5.74) is 0.817. The van der Waals surface area contributed by atoms with Crippen LogP contribution in [0.3, 0.4) is 0 Å². The smallest absolute Gasteiger partial charge is 0.396 e. The summed E-state index contributed by atoms with van der Waals surface area (Å²) >= 11 is 0. The van der Waals surface area contributed by atoms with Gasteiger partial charge in [0.2, 0.25) is 0 Å². The van der Waals surface area contributed by atoms with Crippen molar-refractivity contribution in [3.8, 4) is 11.5 Å². The number of benzene rings is 1. The summed E-state index contributed by atoms with van der Waals surface area (Å²) in [6.45, 7) is 0.272. The number of hydrogen-bond donors (Lipinski definition) is 0. The van der Waals surface area contributed by atoms with Crippen molar-refractivity contribution in [1.29, 1.82) is 0 Å². The zero-order valence-electron chi connectivity index (χ0n) is 11.4. The maximum atomic E-state index is 11.6. The van der Waals surface area contributed by atoms with E-state index in [1.165, 1.54) is 26.2 Å². The zero-order valence-corrected chi connectivity index (χ0v) is 11.4. The maximum absolute atomic E-state index is 11.6. The molecule has 1 amide bonds. The van der Waals surface area contributed by atoms with Crippen molar-refractivity contribution >= 4 is 11.9 Å². The Bertz CT molecular complexity index is 472. The second kappa shape index (κ2) is 6.63. The van der Waals surface area contributed by atoms with Crippen molar-refractivity contribution in [2.75, 3.05) is 28.4 Å². The van der Waals surface area contributed by atoms with Crippen LogP contribution in [-0.4, -0.2) is 45.2 Å². The molecule has 6 heteroatoms. The first-order valence-corrected chi connectivity index (χ1v) is 5.57. The van der Waals surface area contributed by atoms with E-state index in [1.807, 2.05) is 0 Å². The molecule has 0 fully saturated rings. The van der Waals surface area contributed by atoms with Gasteiger partial charge in [0.25, 0.3) is 0 Å². The van der Waals surface area contributed by atoms with Gasteiger partial charge >= 0.3 is 11.9 Å². The minimum Gasteiger partial charge on any atom is -0.493 e. The fourth-order valence-electron chi connectivity index (χ4n) is 1.57. The van der Waals surface area contributed by atoms with Crippen molar-refractivity contribution < 1.29 is 23.8 Å². The Labute approximate surface area is 111 Å². The molecule has 0 bridgehead atoms. The Morgan fingerprint density at radius 2 is 1.74 bits per heavy atom. The van der Waals surface area contributed by atoms with Gasteiger partial charge in [-0.1, -0.05) is 6.07 Å². The monoisotopic (exact) mass is 267 g/mol. The lowest BCUT2D eigenvalue weighted by Crippen LogP contribution is -2.33. The Hall–Kier alpha value is -2.24. The molecule has 0 unspecified atom stereocenters. The van der Waals surface area contributed by atoms with Crippen LogP contribution in [0, 0.1) is 0 Å². The van der Waals surface area contributed by atoms with Crippen molar-refractivity contribution in [2.24, 2.45) is 0 Å². The third kappa shape index (κ3) is 3.61. The summed E-state index contributed by atoms with van der Waals surface area (Å²) in [6, 6.07) is 5.28. The number of methoxy groups -OCH3 is 3. The highest BCUT2D eigenvalue weighted by Crippen LogP contribution is 2.27. The van der Waals surface area contributed by atoms with Crippen LogP contribution in [0.15, 0.2) is 18.2 Å². The van der Waals surface area contributed by atoms with Crippen molar-refractivity contribution in [1.82, 2.24) is 4.90 Å². The van der Waals surface area contributed by atoms with Crippen LogP contribution in [0.25, 0.3) is 0 Å². The SMILES string of the molecule is COC(=O)C(=O)N(C)Cc1ccc(OC)c(OC)c1. The highest BCUT2D eigenvalue weighted by atomic mass is 16.5. The van der Waals surface area contributed by atoms with E-state index >= 15 is 0 Å². The van der Waals surface area contributed by atoms with Gasteiger partial charge in [0, 0.05) is 13.6 Å². The quantitative estimate of drug-likeness (QED) is 0.597. The molecule has 104 valence electrons. The third-order valence-corrected chi connectivity index (χ3v) is 2.57. The summed E-state index contributed by atoms with van der Waals surface area (Å²) in [6.07, 6.45) is 0. The highest BCUT2D eigenvalue weighted by Gasteiger charge is 2.19. The van der Waals surface area contributed by atoms with Crippen LogP contribution in [0.2, 0.25) is 0 Å². The lowest BCUT2D eigenvalue weighted by Gasteiger charge is -2.16. The fraction of sp³-hybridized carbons (Fsp3) is 0.385. The number of esters is 1. The van der Waals surface area contributed by atoms with E-state index in [1.54, 1.807) is 25.3 Å². The fourth-order valence-corrected chi connectivity index (χ4v) is 1.57. The third-order valence-electron chi connectivity index (χ3n) is 2.57.